The van der Waals surface area contributed by atoms with Crippen molar-refractivity contribution in [1.29, 1.82) is 0 Å². The maximum Gasteiger partial charge on any atom is 0.333 e. The minimum Gasteiger partial charge on any atom is -0.465 e. The van der Waals surface area contributed by atoms with Gasteiger partial charge in [0.15, 0.2) is 0 Å². The highest BCUT2D eigenvalue weighted by Gasteiger charge is 2.28. The van der Waals surface area contributed by atoms with E-state index in [1.807, 2.05) is 20.8 Å². The zero-order chi connectivity index (χ0) is 12.8. The molecule has 5 nitrogen and oxygen atoms in total. The fraction of sp³-hybridized carbons (Fsp3) is 0.900. The van der Waals surface area contributed by atoms with Crippen LogP contribution in [0.3, 0.4) is 0 Å². The van der Waals surface area contributed by atoms with Crippen molar-refractivity contribution in [2.75, 3.05) is 27.0 Å². The Hall–Kier alpha value is -0.380. The van der Waals surface area contributed by atoms with E-state index in [-0.39, 0.29) is 18.7 Å². The molecule has 0 aromatic heterocycles. The third-order valence-corrected chi connectivity index (χ3v) is 4.43. The SMILES string of the molecule is CCC(C)(C)C(=O)OCCP(=O)(OC)OC. The van der Waals surface area contributed by atoms with Gasteiger partial charge >= 0.3 is 13.6 Å². The van der Waals surface area contributed by atoms with E-state index in [4.69, 9.17) is 13.8 Å². The van der Waals surface area contributed by atoms with Gasteiger partial charge in [-0.1, -0.05) is 6.92 Å². The summed E-state index contributed by atoms with van der Waals surface area (Å²) in [5.74, 6) is -0.297. The van der Waals surface area contributed by atoms with Crippen molar-refractivity contribution in [3.8, 4) is 0 Å². The molecule has 0 spiro atoms. The van der Waals surface area contributed by atoms with Gasteiger partial charge in [-0.2, -0.15) is 0 Å². The number of carbonyl (C=O) groups excluding carboxylic acids is 1. The molecule has 0 aromatic carbocycles. The summed E-state index contributed by atoms with van der Waals surface area (Å²) in [6.07, 6.45) is 0.767. The van der Waals surface area contributed by atoms with E-state index in [0.717, 1.165) is 0 Å². The van der Waals surface area contributed by atoms with E-state index in [9.17, 15) is 9.36 Å². The van der Waals surface area contributed by atoms with Crippen LogP contribution in [0.15, 0.2) is 0 Å². The maximum absolute atomic E-state index is 11.6. The lowest BCUT2D eigenvalue weighted by Gasteiger charge is -2.21. The summed E-state index contributed by atoms with van der Waals surface area (Å²) in [6, 6.07) is 0. The molecule has 0 aliphatic carbocycles. The topological polar surface area (TPSA) is 61.8 Å². The summed E-state index contributed by atoms with van der Waals surface area (Å²) in [5, 5.41) is 0. The second-order valence-corrected chi connectivity index (χ2v) is 6.47. The smallest absolute Gasteiger partial charge is 0.333 e. The quantitative estimate of drug-likeness (QED) is 0.514. The van der Waals surface area contributed by atoms with E-state index in [2.05, 4.69) is 0 Å². The number of rotatable bonds is 7. The van der Waals surface area contributed by atoms with Crippen molar-refractivity contribution in [2.24, 2.45) is 5.41 Å². The summed E-state index contributed by atoms with van der Waals surface area (Å²) in [6.45, 7) is 5.57. The standard InChI is InChI=1S/C10H21O5P/c1-6-10(2,3)9(11)15-7-8-16(12,13-4)14-5/h6-8H2,1-5H3. The lowest BCUT2D eigenvalue weighted by atomic mass is 9.91. The normalized spacial score (nSPS) is 12.6. The first-order valence-electron chi connectivity index (χ1n) is 5.19. The van der Waals surface area contributed by atoms with Gasteiger partial charge in [-0.15, -0.1) is 0 Å². The molecule has 96 valence electrons. The highest BCUT2D eigenvalue weighted by molar-refractivity contribution is 7.53. The maximum atomic E-state index is 11.6. The fourth-order valence-electron chi connectivity index (χ4n) is 0.847. The average molecular weight is 252 g/mol. The summed E-state index contributed by atoms with van der Waals surface area (Å²) in [7, 11) is -0.460. The molecule has 0 aromatic rings. The first kappa shape index (κ1) is 15.6. The Kier molecular flexibility index (Phi) is 6.23. The Labute approximate surface area is 97.0 Å². The lowest BCUT2D eigenvalue weighted by Crippen LogP contribution is -2.26. The van der Waals surface area contributed by atoms with Crippen LogP contribution in [0.2, 0.25) is 0 Å². The number of ether oxygens (including phenoxy) is 1. The molecular formula is C10H21O5P. The molecule has 0 heterocycles. The Morgan fingerprint density at radius 3 is 2.12 bits per heavy atom. The number of esters is 1. The van der Waals surface area contributed by atoms with Crippen molar-refractivity contribution in [3.05, 3.63) is 0 Å². The van der Waals surface area contributed by atoms with Gasteiger partial charge in [-0.05, 0) is 20.3 Å². The van der Waals surface area contributed by atoms with E-state index < -0.39 is 13.0 Å². The highest BCUT2D eigenvalue weighted by atomic mass is 31.2. The molecule has 0 atom stereocenters. The Morgan fingerprint density at radius 2 is 1.75 bits per heavy atom. The molecule has 0 bridgehead atoms. The average Bonchev–Trinajstić information content (AvgIpc) is 2.28. The minimum atomic E-state index is -3.08. The van der Waals surface area contributed by atoms with E-state index >= 15 is 0 Å². The van der Waals surface area contributed by atoms with Crippen molar-refractivity contribution >= 4 is 13.6 Å². The second-order valence-electron chi connectivity index (χ2n) is 4.07. The molecule has 0 fully saturated rings. The van der Waals surface area contributed by atoms with Gasteiger partial charge in [0.2, 0.25) is 0 Å². The van der Waals surface area contributed by atoms with Crippen LogP contribution in [0.1, 0.15) is 27.2 Å². The van der Waals surface area contributed by atoms with Gasteiger partial charge in [0.05, 0.1) is 11.6 Å². The first-order valence-corrected chi connectivity index (χ1v) is 6.92. The van der Waals surface area contributed by atoms with Crippen molar-refractivity contribution in [2.45, 2.75) is 27.2 Å². The Bertz CT molecular complexity index is 266. The van der Waals surface area contributed by atoms with Crippen LogP contribution in [0.4, 0.5) is 0 Å². The number of carbonyl (C=O) groups is 1. The van der Waals surface area contributed by atoms with Crippen molar-refractivity contribution < 1.29 is 23.1 Å². The largest absolute Gasteiger partial charge is 0.465 e. The molecule has 0 saturated heterocycles. The van der Waals surface area contributed by atoms with Gasteiger partial charge in [0.1, 0.15) is 6.61 Å². The third kappa shape index (κ3) is 4.64. The van der Waals surface area contributed by atoms with Crippen LogP contribution in [0, 0.1) is 5.41 Å². The zero-order valence-corrected chi connectivity index (χ0v) is 11.5. The van der Waals surface area contributed by atoms with Gasteiger partial charge in [-0.3, -0.25) is 9.36 Å². The highest BCUT2D eigenvalue weighted by Crippen LogP contribution is 2.45. The Morgan fingerprint density at radius 1 is 1.25 bits per heavy atom. The molecule has 0 amide bonds. The number of hydrogen-bond acceptors (Lipinski definition) is 5. The molecule has 0 rings (SSSR count). The second kappa shape index (κ2) is 6.38. The van der Waals surface area contributed by atoms with Crippen LogP contribution >= 0.6 is 7.60 Å². The first-order chi connectivity index (χ1) is 7.31. The van der Waals surface area contributed by atoms with Crippen molar-refractivity contribution in [3.63, 3.8) is 0 Å². The predicted molar refractivity (Wildman–Crippen MR) is 61.5 cm³/mol. The van der Waals surface area contributed by atoms with Crippen LogP contribution < -0.4 is 0 Å². The molecule has 0 unspecified atom stereocenters. The molecule has 0 saturated carbocycles. The molecule has 0 N–H and O–H groups in total. The number of hydrogen-bond donors (Lipinski definition) is 0. The van der Waals surface area contributed by atoms with Gasteiger partial charge < -0.3 is 13.8 Å². The molecule has 6 heteroatoms. The van der Waals surface area contributed by atoms with E-state index in [0.29, 0.717) is 6.42 Å². The molecule has 16 heavy (non-hydrogen) atoms. The monoisotopic (exact) mass is 252 g/mol. The molecule has 0 radical (unpaired) electrons. The van der Waals surface area contributed by atoms with Crippen molar-refractivity contribution in [1.82, 2.24) is 0 Å². The van der Waals surface area contributed by atoms with Gasteiger partial charge in [0, 0.05) is 14.2 Å². The summed E-state index contributed by atoms with van der Waals surface area (Å²) in [5.41, 5.74) is -0.510. The third-order valence-electron chi connectivity index (χ3n) is 2.59. The summed E-state index contributed by atoms with van der Waals surface area (Å²) in [4.78, 5) is 11.6. The van der Waals surface area contributed by atoms with E-state index in [1.54, 1.807) is 0 Å². The van der Waals surface area contributed by atoms with Crippen LogP contribution in [0.5, 0.6) is 0 Å². The van der Waals surface area contributed by atoms with Crippen LogP contribution in [0.25, 0.3) is 0 Å². The van der Waals surface area contributed by atoms with E-state index in [1.165, 1.54) is 14.2 Å². The van der Waals surface area contributed by atoms with Gasteiger partial charge in [0.25, 0.3) is 0 Å². The van der Waals surface area contributed by atoms with Gasteiger partial charge in [-0.25, -0.2) is 0 Å². The molecule has 0 aliphatic heterocycles. The molecule has 0 aliphatic rings. The zero-order valence-electron chi connectivity index (χ0n) is 10.6. The fourth-order valence-corrected chi connectivity index (χ4v) is 1.68. The minimum absolute atomic E-state index is 0.0429. The van der Waals surface area contributed by atoms with Crippen LogP contribution in [-0.4, -0.2) is 33.0 Å². The summed E-state index contributed by atoms with van der Waals surface area (Å²) >= 11 is 0. The lowest BCUT2D eigenvalue weighted by molar-refractivity contribution is -0.153. The predicted octanol–water partition coefficient (Wildman–Crippen LogP) is 2.45. The molecular weight excluding hydrogens is 231 g/mol. The summed E-state index contributed by atoms with van der Waals surface area (Å²) < 4.78 is 26.1. The Balaban J connectivity index is 4.09. The van der Waals surface area contributed by atoms with Crippen LogP contribution in [-0.2, 0) is 23.1 Å².